The minimum Gasteiger partial charge on any atom is -0.493 e. The van der Waals surface area contributed by atoms with Gasteiger partial charge in [0.2, 0.25) is 0 Å². The van der Waals surface area contributed by atoms with Crippen LogP contribution in [-0.2, 0) is 15.6 Å². The second-order valence-corrected chi connectivity index (χ2v) is 9.18. The fourth-order valence-corrected chi connectivity index (χ4v) is 3.84. The molecule has 0 amide bonds. The number of hydrogen-bond donors (Lipinski definition) is 1. The first-order valence-corrected chi connectivity index (χ1v) is 10.7. The van der Waals surface area contributed by atoms with E-state index in [9.17, 15) is 4.79 Å². The summed E-state index contributed by atoms with van der Waals surface area (Å²) in [6.07, 6.45) is 13.0. The van der Waals surface area contributed by atoms with E-state index in [0.29, 0.717) is 13.0 Å². The van der Waals surface area contributed by atoms with Crippen LogP contribution in [0.4, 0.5) is 0 Å². The number of fused-ring (bicyclic) bond motifs is 1. The molecule has 0 aliphatic heterocycles. The quantitative estimate of drug-likeness (QED) is 0.387. The summed E-state index contributed by atoms with van der Waals surface area (Å²) in [7, 11) is 0. The lowest BCUT2D eigenvalue weighted by Gasteiger charge is -2.42. The van der Waals surface area contributed by atoms with Crippen LogP contribution in [0.5, 0.6) is 5.75 Å². The van der Waals surface area contributed by atoms with Gasteiger partial charge in [0.25, 0.3) is 0 Å². The third-order valence-electron chi connectivity index (χ3n) is 5.86. The topological polar surface area (TPSA) is 46.5 Å². The van der Waals surface area contributed by atoms with Crippen LogP contribution in [0.3, 0.4) is 0 Å². The molecule has 0 unspecified atom stereocenters. The van der Waals surface area contributed by atoms with Gasteiger partial charge in [-0.25, -0.2) is 4.79 Å². The van der Waals surface area contributed by atoms with E-state index in [-0.39, 0.29) is 10.8 Å². The Labute approximate surface area is 176 Å². The molecule has 3 nitrogen and oxygen atoms in total. The van der Waals surface area contributed by atoms with Crippen molar-refractivity contribution in [3.8, 4) is 5.75 Å². The Balaban J connectivity index is 2.43. The second kappa shape index (κ2) is 9.47. The van der Waals surface area contributed by atoms with Crippen LogP contribution in [0.25, 0.3) is 6.08 Å². The number of carbonyl (C=O) groups is 1. The van der Waals surface area contributed by atoms with Gasteiger partial charge in [-0.2, -0.15) is 0 Å². The minimum absolute atomic E-state index is 0.145. The Kier molecular flexibility index (Phi) is 7.51. The second-order valence-electron chi connectivity index (χ2n) is 9.18. The van der Waals surface area contributed by atoms with Crippen LogP contribution in [0.1, 0.15) is 83.9 Å². The zero-order valence-corrected chi connectivity index (χ0v) is 18.8. The van der Waals surface area contributed by atoms with Crippen LogP contribution in [0.2, 0.25) is 0 Å². The summed E-state index contributed by atoms with van der Waals surface area (Å²) in [5, 5.41) is 8.93. The molecule has 1 aromatic carbocycles. The highest BCUT2D eigenvalue weighted by molar-refractivity contribution is 5.81. The molecule has 0 radical (unpaired) electrons. The summed E-state index contributed by atoms with van der Waals surface area (Å²) in [4.78, 5) is 10.9. The molecule has 1 aliphatic rings. The molecule has 1 aromatic rings. The summed E-state index contributed by atoms with van der Waals surface area (Å²) in [5.74, 6) is 0.0167. The van der Waals surface area contributed by atoms with Gasteiger partial charge in [-0.15, -0.1) is 0 Å². The molecule has 1 N–H and O–H groups in total. The predicted octanol–water partition coefficient (Wildman–Crippen LogP) is 6.81. The number of rotatable bonds is 8. The Morgan fingerprint density at radius 3 is 2.24 bits per heavy atom. The number of carboxylic acid groups (broad SMARTS) is 1. The van der Waals surface area contributed by atoms with E-state index in [1.165, 1.54) is 30.0 Å². The molecule has 3 heteroatoms. The summed E-state index contributed by atoms with van der Waals surface area (Å²) in [5.41, 5.74) is 4.96. The van der Waals surface area contributed by atoms with E-state index in [1.807, 2.05) is 25.2 Å². The van der Waals surface area contributed by atoms with Crippen molar-refractivity contribution in [3.05, 3.63) is 58.7 Å². The first-order valence-electron chi connectivity index (χ1n) is 10.7. The van der Waals surface area contributed by atoms with Gasteiger partial charge in [0, 0.05) is 11.6 Å². The summed E-state index contributed by atoms with van der Waals surface area (Å²) in [6, 6.07) is 4.54. The van der Waals surface area contributed by atoms with Gasteiger partial charge >= 0.3 is 5.97 Å². The van der Waals surface area contributed by atoms with Crippen molar-refractivity contribution in [1.29, 1.82) is 0 Å². The van der Waals surface area contributed by atoms with Crippen LogP contribution in [-0.4, -0.2) is 17.7 Å². The normalized spacial score (nSPS) is 18.2. The molecule has 0 heterocycles. The average Bonchev–Trinajstić information content (AvgIpc) is 2.66. The largest absolute Gasteiger partial charge is 0.493 e. The molecule has 0 atom stereocenters. The fourth-order valence-electron chi connectivity index (χ4n) is 3.84. The maximum Gasteiger partial charge on any atom is 0.328 e. The number of ether oxygens (including phenoxy) is 1. The predicted molar refractivity (Wildman–Crippen MR) is 122 cm³/mol. The average molecular weight is 397 g/mol. The van der Waals surface area contributed by atoms with Crippen molar-refractivity contribution in [3.63, 3.8) is 0 Å². The van der Waals surface area contributed by atoms with E-state index >= 15 is 0 Å². The highest BCUT2D eigenvalue weighted by Gasteiger charge is 2.37. The van der Waals surface area contributed by atoms with Crippen molar-refractivity contribution in [1.82, 2.24) is 0 Å². The van der Waals surface area contributed by atoms with Crippen molar-refractivity contribution >= 4 is 12.0 Å². The molecule has 0 aromatic heterocycles. The van der Waals surface area contributed by atoms with E-state index in [2.05, 4.69) is 52.8 Å². The lowest BCUT2D eigenvalue weighted by molar-refractivity contribution is -0.131. The van der Waals surface area contributed by atoms with Gasteiger partial charge in [0.15, 0.2) is 0 Å². The van der Waals surface area contributed by atoms with Crippen LogP contribution >= 0.6 is 0 Å². The molecule has 158 valence electrons. The molecule has 2 rings (SSSR count). The van der Waals surface area contributed by atoms with E-state index < -0.39 is 5.97 Å². The highest BCUT2D eigenvalue weighted by atomic mass is 16.5. The SMILES string of the molecule is CCCOc1cc2c(cc1C=CC=CC(=CC(=O)O)CC)C(C)(C)CCC2(C)C. The van der Waals surface area contributed by atoms with Crippen LogP contribution in [0, 0.1) is 0 Å². The molecule has 0 saturated heterocycles. The lowest BCUT2D eigenvalue weighted by atomic mass is 9.63. The number of carboxylic acids is 1. The van der Waals surface area contributed by atoms with Crippen molar-refractivity contribution in [2.45, 2.75) is 78.1 Å². The van der Waals surface area contributed by atoms with Crippen LogP contribution < -0.4 is 4.74 Å². The highest BCUT2D eigenvalue weighted by Crippen LogP contribution is 2.47. The minimum atomic E-state index is -0.912. The summed E-state index contributed by atoms with van der Waals surface area (Å²) < 4.78 is 6.10. The number of aliphatic carboxylic acids is 1. The zero-order valence-electron chi connectivity index (χ0n) is 18.8. The Hall–Kier alpha value is -2.29. The van der Waals surface area contributed by atoms with Gasteiger partial charge in [-0.3, -0.25) is 0 Å². The maximum atomic E-state index is 10.9. The Bertz CT molecular complexity index is 823. The van der Waals surface area contributed by atoms with Gasteiger partial charge < -0.3 is 9.84 Å². The molecule has 0 bridgehead atoms. The van der Waals surface area contributed by atoms with Gasteiger partial charge in [0.1, 0.15) is 5.75 Å². The standard InChI is InChI=1S/C26H36O3/c1-7-15-29-23-18-22-21(25(3,4)13-14-26(22,5)6)17-20(23)12-10-9-11-19(8-2)16-24(27)28/h9-12,16-18H,7-8,13-15H2,1-6H3,(H,27,28). The molecular weight excluding hydrogens is 360 g/mol. The summed E-state index contributed by atoms with van der Waals surface area (Å²) >= 11 is 0. The zero-order chi connectivity index (χ0) is 21.7. The Morgan fingerprint density at radius 1 is 1.07 bits per heavy atom. The van der Waals surface area contributed by atoms with Crippen molar-refractivity contribution in [2.24, 2.45) is 0 Å². The Morgan fingerprint density at radius 2 is 1.69 bits per heavy atom. The maximum absolute atomic E-state index is 10.9. The smallest absolute Gasteiger partial charge is 0.328 e. The molecule has 0 spiro atoms. The number of allylic oxidation sites excluding steroid dienone is 4. The molecular formula is C26H36O3. The third-order valence-corrected chi connectivity index (χ3v) is 5.86. The van der Waals surface area contributed by atoms with E-state index in [1.54, 1.807) is 0 Å². The van der Waals surface area contributed by atoms with Crippen molar-refractivity contribution in [2.75, 3.05) is 6.61 Å². The molecule has 29 heavy (non-hydrogen) atoms. The monoisotopic (exact) mass is 396 g/mol. The van der Waals surface area contributed by atoms with Crippen molar-refractivity contribution < 1.29 is 14.6 Å². The summed E-state index contributed by atoms with van der Waals surface area (Å²) in [6.45, 7) is 14.1. The van der Waals surface area contributed by atoms with Gasteiger partial charge in [-0.05, 0) is 65.3 Å². The fraction of sp³-hybridized carbons (Fsp3) is 0.500. The molecule has 0 saturated carbocycles. The number of benzene rings is 1. The first kappa shape index (κ1) is 23.0. The van der Waals surface area contributed by atoms with E-state index in [4.69, 9.17) is 9.84 Å². The first-order chi connectivity index (χ1) is 13.6. The van der Waals surface area contributed by atoms with E-state index in [0.717, 1.165) is 23.3 Å². The molecule has 0 fully saturated rings. The van der Waals surface area contributed by atoms with Crippen LogP contribution in [0.15, 0.2) is 42.0 Å². The molecule has 1 aliphatic carbocycles. The van der Waals surface area contributed by atoms with Gasteiger partial charge in [0.05, 0.1) is 6.61 Å². The lowest BCUT2D eigenvalue weighted by Crippen LogP contribution is -2.34. The number of hydrogen-bond acceptors (Lipinski definition) is 2. The third kappa shape index (κ3) is 5.85. The van der Waals surface area contributed by atoms with Gasteiger partial charge in [-0.1, -0.05) is 65.8 Å².